The molecule has 0 radical (unpaired) electrons. The third kappa shape index (κ3) is 3.66. The van der Waals surface area contributed by atoms with Gasteiger partial charge in [-0.3, -0.25) is 4.79 Å². The van der Waals surface area contributed by atoms with Crippen molar-refractivity contribution in [2.75, 3.05) is 0 Å². The van der Waals surface area contributed by atoms with Gasteiger partial charge in [-0.25, -0.2) is 0 Å². The molecule has 2 unspecified atom stereocenters. The Morgan fingerprint density at radius 1 is 1.00 bits per heavy atom. The average Bonchev–Trinajstić information content (AvgIpc) is 2.31. The summed E-state index contributed by atoms with van der Waals surface area (Å²) in [5, 5.41) is 36.5. The fourth-order valence-electron chi connectivity index (χ4n) is 1.15. The van der Waals surface area contributed by atoms with Crippen LogP contribution < -0.4 is 0 Å². The van der Waals surface area contributed by atoms with Crippen molar-refractivity contribution in [1.29, 1.82) is 10.5 Å². The highest BCUT2D eigenvalue weighted by Crippen LogP contribution is 2.18. The molecule has 0 heterocycles. The summed E-state index contributed by atoms with van der Waals surface area (Å²) in [5.74, 6) is -5.00. The molecule has 0 aromatic rings. The van der Waals surface area contributed by atoms with E-state index in [1.807, 2.05) is 0 Å². The summed E-state index contributed by atoms with van der Waals surface area (Å²) in [7, 11) is 0. The van der Waals surface area contributed by atoms with Crippen LogP contribution in [0.15, 0.2) is 49.0 Å². The SMILES string of the molecule is C=CC=C(O)C(C#N)C(=O)C(C#N)C(O)=CC=C. The van der Waals surface area contributed by atoms with E-state index in [9.17, 15) is 15.0 Å². The van der Waals surface area contributed by atoms with Crippen molar-refractivity contribution in [2.24, 2.45) is 11.8 Å². The zero-order valence-electron chi connectivity index (χ0n) is 9.58. The van der Waals surface area contributed by atoms with E-state index in [2.05, 4.69) is 13.2 Å². The molecule has 0 aliphatic rings. The maximum atomic E-state index is 11.8. The van der Waals surface area contributed by atoms with E-state index in [1.165, 1.54) is 12.2 Å². The molecule has 0 aromatic heterocycles. The maximum Gasteiger partial charge on any atom is 0.182 e. The second kappa shape index (κ2) is 7.48. The Kier molecular flexibility index (Phi) is 6.32. The molecule has 0 bridgehead atoms. The molecule has 0 saturated heterocycles. The van der Waals surface area contributed by atoms with Gasteiger partial charge in [0.25, 0.3) is 0 Å². The molecule has 0 rings (SSSR count). The Morgan fingerprint density at radius 3 is 1.56 bits per heavy atom. The second-order valence-electron chi connectivity index (χ2n) is 3.18. The number of nitrogens with zero attached hydrogens (tertiary/aromatic N) is 2. The lowest BCUT2D eigenvalue weighted by Crippen LogP contribution is -2.24. The molecule has 18 heavy (non-hydrogen) atoms. The lowest BCUT2D eigenvalue weighted by atomic mass is 9.91. The first-order valence-corrected chi connectivity index (χ1v) is 4.89. The topological polar surface area (TPSA) is 105 Å². The molecule has 2 atom stereocenters. The summed E-state index contributed by atoms with van der Waals surface area (Å²) in [6.45, 7) is 6.62. The van der Waals surface area contributed by atoms with E-state index < -0.39 is 29.1 Å². The zero-order chi connectivity index (χ0) is 14.1. The van der Waals surface area contributed by atoms with Crippen LogP contribution in [0, 0.1) is 34.5 Å². The number of Topliss-reactive ketones (excluding diaryl/α,β-unsaturated/α-hetero) is 1. The van der Waals surface area contributed by atoms with Crippen LogP contribution in [0.3, 0.4) is 0 Å². The third-order valence-electron chi connectivity index (χ3n) is 2.00. The first kappa shape index (κ1) is 15.2. The summed E-state index contributed by atoms with van der Waals surface area (Å²) in [6, 6.07) is 3.13. The summed E-state index contributed by atoms with van der Waals surface area (Å²) in [6.07, 6.45) is 4.56. The number of carbonyl (C=O) groups is 1. The lowest BCUT2D eigenvalue weighted by molar-refractivity contribution is -0.123. The first-order chi connectivity index (χ1) is 8.53. The highest BCUT2D eigenvalue weighted by molar-refractivity contribution is 5.91. The van der Waals surface area contributed by atoms with Gasteiger partial charge in [0, 0.05) is 0 Å². The first-order valence-electron chi connectivity index (χ1n) is 4.89. The smallest absolute Gasteiger partial charge is 0.182 e. The summed E-state index contributed by atoms with van der Waals surface area (Å²) < 4.78 is 0. The minimum atomic E-state index is -1.52. The molecule has 5 heteroatoms. The molecule has 0 aromatic carbocycles. The van der Waals surface area contributed by atoms with Crippen molar-refractivity contribution in [3.8, 4) is 12.1 Å². The largest absolute Gasteiger partial charge is 0.510 e. The number of aliphatic hydroxyl groups is 2. The van der Waals surface area contributed by atoms with Crippen molar-refractivity contribution < 1.29 is 15.0 Å². The van der Waals surface area contributed by atoms with Crippen molar-refractivity contribution in [3.05, 3.63) is 49.0 Å². The molecule has 0 amide bonds. The molecule has 0 saturated carbocycles. The van der Waals surface area contributed by atoms with E-state index in [4.69, 9.17) is 10.5 Å². The van der Waals surface area contributed by atoms with Gasteiger partial charge in [-0.1, -0.05) is 25.3 Å². The monoisotopic (exact) mass is 244 g/mol. The van der Waals surface area contributed by atoms with Crippen LogP contribution >= 0.6 is 0 Å². The van der Waals surface area contributed by atoms with Gasteiger partial charge in [0.1, 0.15) is 11.5 Å². The van der Waals surface area contributed by atoms with Gasteiger partial charge in [0.2, 0.25) is 0 Å². The van der Waals surface area contributed by atoms with Gasteiger partial charge < -0.3 is 10.2 Å². The minimum absolute atomic E-state index is 0.524. The number of nitriles is 2. The summed E-state index contributed by atoms with van der Waals surface area (Å²) in [4.78, 5) is 11.8. The molecule has 5 nitrogen and oxygen atoms in total. The standard InChI is InChI=1S/C13H12N2O3/c1-3-5-11(16)9(7-14)13(18)10(8-15)12(17)6-4-2/h3-6,9-10,16-17H,1-2H2. The number of hydrogen-bond donors (Lipinski definition) is 2. The van der Waals surface area contributed by atoms with Crippen LogP contribution in [0.25, 0.3) is 0 Å². The van der Waals surface area contributed by atoms with Gasteiger partial charge in [0.05, 0.1) is 12.1 Å². The Labute approximate surface area is 105 Å². The van der Waals surface area contributed by atoms with Crippen LogP contribution in [0.5, 0.6) is 0 Å². The zero-order valence-corrected chi connectivity index (χ0v) is 9.58. The molecular formula is C13H12N2O3. The highest BCUT2D eigenvalue weighted by atomic mass is 16.3. The number of allylic oxidation sites excluding steroid dienone is 6. The van der Waals surface area contributed by atoms with E-state index >= 15 is 0 Å². The molecular weight excluding hydrogens is 232 g/mol. The predicted octanol–water partition coefficient (Wildman–Crippen LogP) is 2.09. The maximum absolute atomic E-state index is 11.8. The van der Waals surface area contributed by atoms with Gasteiger partial charge in [-0.15, -0.1) is 0 Å². The average molecular weight is 244 g/mol. The molecule has 0 fully saturated rings. The van der Waals surface area contributed by atoms with Gasteiger partial charge in [0.15, 0.2) is 17.6 Å². The van der Waals surface area contributed by atoms with E-state index in [0.717, 1.165) is 12.2 Å². The molecule has 0 aliphatic carbocycles. The Balaban J connectivity index is 5.36. The predicted molar refractivity (Wildman–Crippen MR) is 65.0 cm³/mol. The van der Waals surface area contributed by atoms with Crippen molar-refractivity contribution >= 4 is 5.78 Å². The molecule has 0 aliphatic heterocycles. The van der Waals surface area contributed by atoms with Crippen LogP contribution in [-0.2, 0) is 4.79 Å². The van der Waals surface area contributed by atoms with E-state index in [-0.39, 0.29) is 0 Å². The molecule has 0 spiro atoms. The van der Waals surface area contributed by atoms with Crippen molar-refractivity contribution in [1.82, 2.24) is 0 Å². The Hall–Kier alpha value is -2.79. The van der Waals surface area contributed by atoms with Gasteiger partial charge in [-0.05, 0) is 12.2 Å². The fraction of sp³-hybridized carbons (Fsp3) is 0.154. The van der Waals surface area contributed by atoms with Crippen LogP contribution in [0.4, 0.5) is 0 Å². The van der Waals surface area contributed by atoms with Crippen LogP contribution in [0.2, 0.25) is 0 Å². The minimum Gasteiger partial charge on any atom is -0.510 e. The van der Waals surface area contributed by atoms with Crippen LogP contribution in [-0.4, -0.2) is 16.0 Å². The molecule has 92 valence electrons. The summed E-state index contributed by atoms with van der Waals surface area (Å²) >= 11 is 0. The van der Waals surface area contributed by atoms with E-state index in [1.54, 1.807) is 12.1 Å². The number of hydrogen-bond acceptors (Lipinski definition) is 5. The highest BCUT2D eigenvalue weighted by Gasteiger charge is 2.32. The lowest BCUT2D eigenvalue weighted by Gasteiger charge is -2.11. The normalized spacial score (nSPS) is 14.8. The van der Waals surface area contributed by atoms with Gasteiger partial charge >= 0.3 is 0 Å². The second-order valence-corrected chi connectivity index (χ2v) is 3.18. The molecule has 2 N–H and O–H groups in total. The number of ketones is 1. The number of carbonyl (C=O) groups excluding carboxylic acids is 1. The van der Waals surface area contributed by atoms with Gasteiger partial charge in [-0.2, -0.15) is 10.5 Å². The summed E-state index contributed by atoms with van der Waals surface area (Å²) in [5.41, 5.74) is 0. The number of rotatable bonds is 6. The Morgan fingerprint density at radius 2 is 1.33 bits per heavy atom. The van der Waals surface area contributed by atoms with Crippen molar-refractivity contribution in [2.45, 2.75) is 0 Å². The van der Waals surface area contributed by atoms with Crippen molar-refractivity contribution in [3.63, 3.8) is 0 Å². The van der Waals surface area contributed by atoms with Crippen LogP contribution in [0.1, 0.15) is 0 Å². The third-order valence-corrected chi connectivity index (χ3v) is 2.00. The quantitative estimate of drug-likeness (QED) is 0.549. The van der Waals surface area contributed by atoms with E-state index in [0.29, 0.717) is 0 Å². The fourth-order valence-corrected chi connectivity index (χ4v) is 1.15. The Bertz CT molecular complexity index is 445. The number of aliphatic hydroxyl groups excluding tert-OH is 2.